The quantitative estimate of drug-likeness (QED) is 0.657. The Labute approximate surface area is 107 Å². The molecule has 2 nitrogen and oxygen atoms in total. The number of carbonyl (C=O) groups is 1. The Bertz CT molecular complexity index is 495. The summed E-state index contributed by atoms with van der Waals surface area (Å²) in [6.45, 7) is 1.54. The smallest absolute Gasteiger partial charge is 0.308 e. The maximum absolute atomic E-state index is 13.5. The van der Waals surface area contributed by atoms with Gasteiger partial charge in [0.2, 0.25) is 0 Å². The van der Waals surface area contributed by atoms with Crippen LogP contribution in [0.4, 0.5) is 9.18 Å². The first kappa shape index (κ1) is 11.8. The zero-order valence-corrected chi connectivity index (χ0v) is 10.5. The molecule has 0 bridgehead atoms. The highest BCUT2D eigenvalue weighted by molar-refractivity contribution is 6.98. The highest BCUT2D eigenvalue weighted by Gasteiger charge is 2.46. The third-order valence-corrected chi connectivity index (χ3v) is 4.28. The van der Waals surface area contributed by atoms with Gasteiger partial charge in [-0.25, -0.2) is 4.39 Å². The van der Waals surface area contributed by atoms with Gasteiger partial charge < -0.3 is 4.74 Å². The summed E-state index contributed by atoms with van der Waals surface area (Å²) in [7, 11) is 0. The van der Waals surface area contributed by atoms with Crippen molar-refractivity contribution >= 4 is 18.0 Å². The number of ether oxygens (including phenoxy) is 1. The van der Waals surface area contributed by atoms with Crippen molar-refractivity contribution in [3.05, 3.63) is 29.6 Å². The highest BCUT2D eigenvalue weighted by atomic mass is 19.1. The number of hydrogen-bond acceptors (Lipinski definition) is 2. The van der Waals surface area contributed by atoms with Gasteiger partial charge in [-0.15, -0.1) is 0 Å². The second kappa shape index (κ2) is 4.11. The second-order valence-electron chi connectivity index (χ2n) is 5.43. The molecule has 0 N–H and O–H groups in total. The van der Waals surface area contributed by atoms with Crippen LogP contribution in [0.1, 0.15) is 37.7 Å². The summed E-state index contributed by atoms with van der Waals surface area (Å²) in [5, 5.41) is 0. The summed E-state index contributed by atoms with van der Waals surface area (Å²) >= 11 is 0. The van der Waals surface area contributed by atoms with Crippen LogP contribution in [-0.4, -0.2) is 12.6 Å². The summed E-state index contributed by atoms with van der Waals surface area (Å²) < 4.78 is 19.2. The lowest BCUT2D eigenvalue weighted by atomic mass is 9.43. The van der Waals surface area contributed by atoms with Crippen LogP contribution in [0.25, 0.3) is 0 Å². The van der Waals surface area contributed by atoms with Gasteiger partial charge in [0.05, 0.1) is 0 Å². The Kier molecular flexibility index (Phi) is 2.69. The zero-order chi connectivity index (χ0) is 12.8. The van der Waals surface area contributed by atoms with Crippen LogP contribution in [0, 0.1) is 5.82 Å². The molecule has 1 spiro atoms. The number of hydrogen-bond donors (Lipinski definition) is 0. The van der Waals surface area contributed by atoms with Gasteiger partial charge in [0.25, 0.3) is 5.87 Å². The molecule has 0 atom stereocenters. The molecule has 0 amide bonds. The number of fused-ring (bicyclic) bond motifs is 2. The maximum Gasteiger partial charge on any atom is 0.308 e. The van der Waals surface area contributed by atoms with Crippen molar-refractivity contribution in [2.24, 2.45) is 0 Å². The molecule has 0 aromatic heterocycles. The van der Waals surface area contributed by atoms with E-state index in [-0.39, 0.29) is 18.4 Å². The summed E-state index contributed by atoms with van der Waals surface area (Å²) in [5.74, 6) is -0.417. The first-order valence-corrected chi connectivity index (χ1v) is 6.65. The van der Waals surface area contributed by atoms with Crippen molar-refractivity contribution in [1.82, 2.24) is 0 Å². The molecule has 0 saturated heterocycles. The number of halogens is 1. The molecule has 3 rings (SSSR count). The van der Waals surface area contributed by atoms with E-state index in [2.05, 4.69) is 0 Å². The van der Waals surface area contributed by atoms with E-state index in [0.717, 1.165) is 36.7 Å². The second-order valence-corrected chi connectivity index (χ2v) is 5.43. The van der Waals surface area contributed by atoms with Crippen molar-refractivity contribution in [1.29, 1.82) is 0 Å². The van der Waals surface area contributed by atoms with Crippen LogP contribution in [0.5, 0.6) is 0 Å². The van der Waals surface area contributed by atoms with E-state index in [0.29, 0.717) is 0 Å². The molecule has 0 unspecified atom stereocenters. The minimum atomic E-state index is -0.556. The molecule has 1 fully saturated rings. The SMILES string of the molecule is CB1C(=O)OC2(CCCCC2)c2cc(F)ccc21. The van der Waals surface area contributed by atoms with Gasteiger partial charge >= 0.3 is 6.71 Å². The summed E-state index contributed by atoms with van der Waals surface area (Å²) in [6.07, 6.45) is 4.89. The minimum Gasteiger partial charge on any atom is -0.462 e. The van der Waals surface area contributed by atoms with Gasteiger partial charge in [0.15, 0.2) is 0 Å². The van der Waals surface area contributed by atoms with Crippen LogP contribution in [0.3, 0.4) is 0 Å². The van der Waals surface area contributed by atoms with E-state index in [1.54, 1.807) is 12.1 Å². The van der Waals surface area contributed by atoms with Gasteiger partial charge in [-0.2, -0.15) is 0 Å². The highest BCUT2D eigenvalue weighted by Crippen LogP contribution is 2.42. The van der Waals surface area contributed by atoms with Crippen molar-refractivity contribution in [2.45, 2.75) is 44.5 Å². The van der Waals surface area contributed by atoms with Gasteiger partial charge in [0, 0.05) is 0 Å². The lowest BCUT2D eigenvalue weighted by Gasteiger charge is -2.42. The van der Waals surface area contributed by atoms with E-state index in [4.69, 9.17) is 4.74 Å². The fourth-order valence-corrected chi connectivity index (χ4v) is 3.26. The van der Waals surface area contributed by atoms with Crippen LogP contribution in [-0.2, 0) is 10.3 Å². The Morgan fingerprint density at radius 3 is 2.72 bits per heavy atom. The molecule has 18 heavy (non-hydrogen) atoms. The van der Waals surface area contributed by atoms with Crippen molar-refractivity contribution in [3.8, 4) is 0 Å². The fraction of sp³-hybridized carbons (Fsp3) is 0.500. The fourth-order valence-electron chi connectivity index (χ4n) is 3.26. The maximum atomic E-state index is 13.5. The molecule has 1 saturated carbocycles. The van der Waals surface area contributed by atoms with Gasteiger partial charge in [0.1, 0.15) is 11.4 Å². The van der Waals surface area contributed by atoms with Crippen molar-refractivity contribution in [3.63, 3.8) is 0 Å². The van der Waals surface area contributed by atoms with E-state index in [1.807, 2.05) is 6.82 Å². The standard InChI is InChI=1S/C14H16BFO2/c1-15-12-6-5-10(16)9-11(12)14(18-13(15)17)7-3-2-4-8-14/h5-6,9H,2-4,7-8H2,1H3. The first-order chi connectivity index (χ1) is 8.62. The molecule has 1 aromatic carbocycles. The van der Waals surface area contributed by atoms with Crippen LogP contribution in [0.2, 0.25) is 6.82 Å². The lowest BCUT2D eigenvalue weighted by molar-refractivity contribution is -0.0105. The average molecular weight is 246 g/mol. The van der Waals surface area contributed by atoms with E-state index < -0.39 is 5.60 Å². The van der Waals surface area contributed by atoms with Crippen molar-refractivity contribution in [2.75, 3.05) is 0 Å². The van der Waals surface area contributed by atoms with Crippen LogP contribution in [0.15, 0.2) is 18.2 Å². The van der Waals surface area contributed by atoms with E-state index in [1.165, 1.54) is 12.5 Å². The number of rotatable bonds is 0. The molecule has 0 radical (unpaired) electrons. The average Bonchev–Trinajstić information content (AvgIpc) is 2.37. The summed E-state index contributed by atoms with van der Waals surface area (Å²) in [6, 6.07) is 4.74. The molecule has 94 valence electrons. The van der Waals surface area contributed by atoms with Crippen molar-refractivity contribution < 1.29 is 13.9 Å². The normalized spacial score (nSPS) is 21.7. The topological polar surface area (TPSA) is 26.3 Å². The van der Waals surface area contributed by atoms with Gasteiger partial charge in [-0.05, 0) is 43.4 Å². The van der Waals surface area contributed by atoms with E-state index in [9.17, 15) is 9.18 Å². The molecule has 1 aliphatic heterocycles. The zero-order valence-electron chi connectivity index (χ0n) is 10.5. The minimum absolute atomic E-state index is 0.170. The van der Waals surface area contributed by atoms with Crippen LogP contribution >= 0.6 is 0 Å². The van der Waals surface area contributed by atoms with Gasteiger partial charge in [-0.1, -0.05) is 24.8 Å². The number of carbonyl (C=O) groups excluding carboxylic acids is 1. The van der Waals surface area contributed by atoms with E-state index >= 15 is 0 Å². The Hall–Kier alpha value is -1.32. The predicted molar refractivity (Wildman–Crippen MR) is 68.9 cm³/mol. The predicted octanol–water partition coefficient (Wildman–Crippen LogP) is 3.05. The van der Waals surface area contributed by atoms with Crippen LogP contribution < -0.4 is 5.46 Å². The monoisotopic (exact) mass is 246 g/mol. The summed E-state index contributed by atoms with van der Waals surface area (Å²) in [4.78, 5) is 12.0. The van der Waals surface area contributed by atoms with Gasteiger partial charge in [-0.3, -0.25) is 4.79 Å². The third kappa shape index (κ3) is 1.66. The molecule has 2 aliphatic rings. The molecular formula is C14H16BFO2. The lowest BCUT2D eigenvalue weighted by Crippen LogP contribution is -2.53. The molecule has 1 aliphatic carbocycles. The summed E-state index contributed by atoms with van der Waals surface area (Å²) in [5.41, 5.74) is 1.28. The molecule has 1 aromatic rings. The largest absolute Gasteiger partial charge is 0.462 e. The Morgan fingerprint density at radius 1 is 1.28 bits per heavy atom. The number of benzene rings is 1. The first-order valence-electron chi connectivity index (χ1n) is 6.65. The Morgan fingerprint density at radius 2 is 2.00 bits per heavy atom. The Balaban J connectivity index is 2.15. The third-order valence-electron chi connectivity index (χ3n) is 4.28. The molecule has 1 heterocycles. The molecule has 4 heteroatoms. The molecular weight excluding hydrogens is 230 g/mol.